The van der Waals surface area contributed by atoms with Gasteiger partial charge in [0.25, 0.3) is 0 Å². The zero-order valence-corrected chi connectivity index (χ0v) is 30.9. The molecule has 6 nitrogen and oxygen atoms in total. The maximum absolute atomic E-state index is 10.7. The number of hydrogen-bond acceptors (Lipinski definition) is 6. The van der Waals surface area contributed by atoms with E-state index in [2.05, 4.69) is 20.8 Å². The lowest BCUT2D eigenvalue weighted by molar-refractivity contribution is 0.00354. The molecule has 1 saturated carbocycles. The first-order chi connectivity index (χ1) is 26.0. The quantitative estimate of drug-likeness (QED) is 0.0884. The molecule has 0 heterocycles. The number of hydrogen-bond donors (Lipinski definition) is 6. The summed E-state index contributed by atoms with van der Waals surface area (Å²) in [5.41, 5.74) is 3.90. The summed E-state index contributed by atoms with van der Waals surface area (Å²) in [6.07, 6.45) is 1.95. The highest BCUT2D eigenvalue weighted by atomic mass is 16.3. The lowest BCUT2D eigenvalue weighted by Gasteiger charge is -2.70. The molecule has 54 heavy (non-hydrogen) atoms. The van der Waals surface area contributed by atoms with Crippen LogP contribution in [0.5, 0.6) is 34.5 Å². The van der Waals surface area contributed by atoms with Crippen LogP contribution in [0.4, 0.5) is 0 Å². The molecule has 1 aliphatic rings. The van der Waals surface area contributed by atoms with Gasteiger partial charge in [-0.3, -0.25) is 0 Å². The van der Waals surface area contributed by atoms with Crippen molar-refractivity contribution < 1.29 is 30.6 Å². The van der Waals surface area contributed by atoms with Crippen molar-refractivity contribution in [2.24, 2.45) is 0 Å². The molecule has 7 rings (SSSR count). The topological polar surface area (TPSA) is 121 Å². The minimum absolute atomic E-state index is 0.158. The molecule has 6 aromatic rings. The summed E-state index contributed by atoms with van der Waals surface area (Å²) in [5.74, 6) is 0.0417. The largest absolute Gasteiger partial charge is 0.508 e. The van der Waals surface area contributed by atoms with Gasteiger partial charge < -0.3 is 30.6 Å². The second-order valence-electron chi connectivity index (χ2n) is 14.9. The van der Waals surface area contributed by atoms with E-state index in [1.165, 1.54) is 0 Å². The van der Waals surface area contributed by atoms with Gasteiger partial charge in [-0.15, -0.1) is 0 Å². The summed E-state index contributed by atoms with van der Waals surface area (Å²) in [6.45, 7) is 6.68. The van der Waals surface area contributed by atoms with Gasteiger partial charge in [-0.25, -0.2) is 0 Å². The summed E-state index contributed by atoms with van der Waals surface area (Å²) in [7, 11) is 0. The fourth-order valence-electron chi connectivity index (χ4n) is 10.8. The van der Waals surface area contributed by atoms with Crippen LogP contribution in [-0.4, -0.2) is 30.6 Å². The van der Waals surface area contributed by atoms with Crippen LogP contribution in [0.1, 0.15) is 91.2 Å². The fourth-order valence-corrected chi connectivity index (χ4v) is 10.8. The van der Waals surface area contributed by atoms with Gasteiger partial charge in [-0.05, 0) is 125 Å². The molecular weight excluding hydrogens is 673 g/mol. The van der Waals surface area contributed by atoms with Crippen LogP contribution in [0.2, 0.25) is 0 Å². The molecule has 0 saturated heterocycles. The van der Waals surface area contributed by atoms with Crippen LogP contribution in [0.15, 0.2) is 146 Å². The van der Waals surface area contributed by atoms with Crippen LogP contribution in [-0.2, 0) is 16.2 Å². The lowest BCUT2D eigenvalue weighted by Crippen LogP contribution is -2.66. The van der Waals surface area contributed by atoms with E-state index in [4.69, 9.17) is 0 Å². The molecule has 6 heteroatoms. The average molecular weight is 721 g/mol. The fraction of sp³-hybridized carbons (Fsp3) is 0.250. The van der Waals surface area contributed by atoms with Crippen LogP contribution in [0.3, 0.4) is 0 Å². The number of rotatable bonds is 9. The second kappa shape index (κ2) is 14.2. The third-order valence-corrected chi connectivity index (χ3v) is 12.7. The van der Waals surface area contributed by atoms with E-state index in [0.29, 0.717) is 19.3 Å². The van der Waals surface area contributed by atoms with Crippen molar-refractivity contribution in [2.75, 3.05) is 0 Å². The van der Waals surface area contributed by atoms with E-state index in [0.717, 1.165) is 33.4 Å². The Bertz CT molecular complexity index is 1910. The summed E-state index contributed by atoms with van der Waals surface area (Å²) in [5, 5.41) is 64.3. The van der Waals surface area contributed by atoms with Gasteiger partial charge in [0, 0.05) is 34.0 Å². The van der Waals surface area contributed by atoms with Crippen LogP contribution in [0, 0.1) is 0 Å². The van der Waals surface area contributed by atoms with E-state index >= 15 is 0 Å². The first kappa shape index (κ1) is 36.5. The Morgan fingerprint density at radius 1 is 0.296 bits per heavy atom. The minimum atomic E-state index is -0.739. The van der Waals surface area contributed by atoms with Gasteiger partial charge in [0.1, 0.15) is 34.5 Å². The molecule has 1 aliphatic carbocycles. The summed E-state index contributed by atoms with van der Waals surface area (Å²) in [6, 6.07) is 45.4. The molecule has 0 radical (unpaired) electrons. The zero-order valence-electron chi connectivity index (χ0n) is 30.9. The molecule has 6 N–H and O–H groups in total. The molecule has 1 fully saturated rings. The molecule has 0 spiro atoms. The van der Waals surface area contributed by atoms with Gasteiger partial charge >= 0.3 is 0 Å². The summed E-state index contributed by atoms with van der Waals surface area (Å²) >= 11 is 0. The van der Waals surface area contributed by atoms with Crippen molar-refractivity contribution in [1.82, 2.24) is 0 Å². The zero-order chi connectivity index (χ0) is 38.3. The van der Waals surface area contributed by atoms with Crippen molar-refractivity contribution in [3.8, 4) is 34.5 Å². The Labute approximate surface area is 317 Å². The summed E-state index contributed by atoms with van der Waals surface area (Å²) < 4.78 is 0. The van der Waals surface area contributed by atoms with Gasteiger partial charge in [-0.2, -0.15) is 0 Å². The Morgan fingerprint density at radius 3 is 0.630 bits per heavy atom. The number of benzene rings is 6. The smallest absolute Gasteiger partial charge is 0.115 e. The molecule has 0 atom stereocenters. The van der Waals surface area contributed by atoms with Crippen LogP contribution in [0.25, 0.3) is 0 Å². The van der Waals surface area contributed by atoms with Crippen molar-refractivity contribution in [2.45, 2.75) is 74.0 Å². The number of phenolic OH excluding ortho intramolecular Hbond substituents is 6. The Morgan fingerprint density at radius 2 is 0.463 bits per heavy atom. The van der Waals surface area contributed by atoms with E-state index in [9.17, 15) is 30.6 Å². The highest BCUT2D eigenvalue weighted by Crippen LogP contribution is 2.76. The molecule has 0 bridgehead atoms. The number of phenols is 6. The first-order valence-corrected chi connectivity index (χ1v) is 18.8. The van der Waals surface area contributed by atoms with Gasteiger partial charge in [0.2, 0.25) is 0 Å². The predicted molar refractivity (Wildman–Crippen MR) is 213 cm³/mol. The third kappa shape index (κ3) is 5.63. The minimum Gasteiger partial charge on any atom is -0.508 e. The van der Waals surface area contributed by atoms with E-state index in [-0.39, 0.29) is 52.3 Å². The van der Waals surface area contributed by atoms with Crippen molar-refractivity contribution in [3.05, 3.63) is 179 Å². The third-order valence-electron chi connectivity index (χ3n) is 12.7. The Balaban J connectivity index is 1.79. The lowest BCUT2D eigenvalue weighted by atomic mass is 9.32. The summed E-state index contributed by atoms with van der Waals surface area (Å²) in [4.78, 5) is 0. The maximum atomic E-state index is 10.7. The van der Waals surface area contributed by atoms with Crippen LogP contribution >= 0.6 is 0 Å². The van der Waals surface area contributed by atoms with Gasteiger partial charge in [-0.1, -0.05) is 93.6 Å². The highest BCUT2D eigenvalue weighted by Gasteiger charge is 2.71. The normalized spacial score (nSPS) is 25.3. The highest BCUT2D eigenvalue weighted by molar-refractivity contribution is 5.59. The first-order valence-electron chi connectivity index (χ1n) is 18.8. The maximum Gasteiger partial charge on any atom is 0.115 e. The molecule has 276 valence electrons. The molecule has 6 aromatic carbocycles. The molecule has 0 aromatic heterocycles. The second-order valence-corrected chi connectivity index (χ2v) is 14.9. The molecule has 0 amide bonds. The van der Waals surface area contributed by atoms with Crippen molar-refractivity contribution in [1.29, 1.82) is 0 Å². The van der Waals surface area contributed by atoms with Crippen LogP contribution < -0.4 is 0 Å². The van der Waals surface area contributed by atoms with Gasteiger partial charge in [0.15, 0.2) is 0 Å². The van der Waals surface area contributed by atoms with Crippen molar-refractivity contribution in [3.63, 3.8) is 0 Å². The monoisotopic (exact) mass is 720 g/mol. The predicted octanol–water partition coefficient (Wildman–Crippen LogP) is 10.6. The molecule has 0 aliphatic heterocycles. The SMILES string of the molecule is CCC1(c2ccc(O)cc2)C(c2ccc(O)cc2)C(CC)(c2ccc(O)cc2)C(c2ccc(O)cc2)C(CC)(c2ccc(O)cc2)C1c1ccc(O)cc1. The van der Waals surface area contributed by atoms with Crippen molar-refractivity contribution >= 4 is 0 Å². The van der Waals surface area contributed by atoms with E-state index in [1.807, 2.05) is 72.8 Å². The molecule has 0 unspecified atom stereocenters. The Kier molecular flexibility index (Phi) is 9.57. The Hall–Kier alpha value is -5.88. The standard InChI is InChI=1S/C48H48O6/c1-4-46(34-13-25-40(52)26-14-34)43(31-7-19-37(49)20-8-31)47(5-2,35-15-27-41(53)28-16-35)45(33-11-23-39(51)24-12-33)48(6-3,36-17-29-42(54)30-18-36)44(46)32-9-21-38(50)22-10-32/h7-30,43-45,49-54H,4-6H2,1-3H3. The average Bonchev–Trinajstić information content (AvgIpc) is 3.19. The van der Waals surface area contributed by atoms with Gasteiger partial charge in [0.05, 0.1) is 0 Å². The number of aromatic hydroxyl groups is 6. The van der Waals surface area contributed by atoms with E-state index < -0.39 is 16.2 Å². The molecular formula is C48H48O6. The van der Waals surface area contributed by atoms with E-state index in [1.54, 1.807) is 72.8 Å².